The van der Waals surface area contributed by atoms with Gasteiger partial charge in [-0.3, -0.25) is 0 Å². The molecule has 0 heteroatoms. The topological polar surface area (TPSA) is 0 Å². The fraction of sp³-hybridized carbons (Fsp3) is 0.136. The van der Waals surface area contributed by atoms with Gasteiger partial charge in [0.15, 0.2) is 0 Å². The second-order valence-corrected chi connectivity index (χ2v) is 5.82. The zero-order valence-corrected chi connectivity index (χ0v) is 13.4. The molecule has 0 amide bonds. The average molecular weight is 285 g/mol. The third-order valence-electron chi connectivity index (χ3n) is 4.24. The Kier molecular flexibility index (Phi) is 4.02. The predicted molar refractivity (Wildman–Crippen MR) is 94.1 cm³/mol. The summed E-state index contributed by atoms with van der Waals surface area (Å²) in [5.74, 6) is 1.33. The molecule has 0 fully saturated rings. The molecule has 3 aromatic rings. The number of hydrogen-bond acceptors (Lipinski definition) is 0. The minimum absolute atomic E-state index is 1.31. The highest BCUT2D eigenvalue weighted by atomic mass is 14.2. The number of aryl methyl sites for hydroxylation is 3. The summed E-state index contributed by atoms with van der Waals surface area (Å²) in [6.07, 6.45) is 0. The van der Waals surface area contributed by atoms with Gasteiger partial charge in [0.05, 0.1) is 22.6 Å². The van der Waals surface area contributed by atoms with Crippen molar-refractivity contribution < 1.29 is 0 Å². The molecule has 0 aromatic heterocycles. The molecule has 0 bridgehead atoms. The summed E-state index contributed by atoms with van der Waals surface area (Å²) in [5, 5.41) is 0. The van der Waals surface area contributed by atoms with Crippen LogP contribution in [0.3, 0.4) is 0 Å². The Morgan fingerprint density at radius 1 is 0.455 bits per heavy atom. The van der Waals surface area contributed by atoms with E-state index in [0.717, 1.165) is 0 Å². The lowest BCUT2D eigenvalue weighted by Crippen LogP contribution is -2.09. The Morgan fingerprint density at radius 3 is 1.00 bits per heavy atom. The molecule has 3 aromatic carbocycles. The van der Waals surface area contributed by atoms with Crippen molar-refractivity contribution in [1.29, 1.82) is 0 Å². The molecule has 0 radical (unpaired) electrons. The summed E-state index contributed by atoms with van der Waals surface area (Å²) in [7, 11) is 0. The Hall–Kier alpha value is -2.47. The van der Waals surface area contributed by atoms with Crippen molar-refractivity contribution in [1.82, 2.24) is 0 Å². The maximum atomic E-state index is 2.23. The van der Waals surface area contributed by atoms with Gasteiger partial charge < -0.3 is 0 Å². The Bertz CT molecular complexity index is 675. The number of benzene rings is 3. The summed E-state index contributed by atoms with van der Waals surface area (Å²) < 4.78 is 0. The van der Waals surface area contributed by atoms with Crippen LogP contribution in [-0.4, -0.2) is 0 Å². The maximum Gasteiger partial charge on any atom is 0.0639 e. The highest BCUT2D eigenvalue weighted by molar-refractivity contribution is 5.62. The molecule has 3 rings (SSSR count). The van der Waals surface area contributed by atoms with E-state index in [1.165, 1.54) is 39.3 Å². The molecule has 0 heterocycles. The lowest BCUT2D eigenvalue weighted by molar-refractivity contribution is 1.15. The highest BCUT2D eigenvalue weighted by Crippen LogP contribution is 2.35. The fourth-order valence-corrected chi connectivity index (χ4v) is 3.00. The highest BCUT2D eigenvalue weighted by Gasteiger charge is 2.26. The molecule has 0 saturated heterocycles. The van der Waals surface area contributed by atoms with Gasteiger partial charge in [0.1, 0.15) is 0 Å². The van der Waals surface area contributed by atoms with E-state index >= 15 is 0 Å². The molecule has 0 nitrogen and oxygen atoms in total. The van der Waals surface area contributed by atoms with Gasteiger partial charge in [0, 0.05) is 16.7 Å². The van der Waals surface area contributed by atoms with E-state index in [1.54, 1.807) is 0 Å². The molecule has 0 saturated carbocycles. The van der Waals surface area contributed by atoms with Gasteiger partial charge in [0.2, 0.25) is 0 Å². The van der Waals surface area contributed by atoms with Gasteiger partial charge >= 0.3 is 0 Å². The monoisotopic (exact) mass is 285 g/mol. The Labute approximate surface area is 133 Å². The number of rotatable bonds is 3. The molecular formula is C22H21+. The third kappa shape index (κ3) is 2.65. The van der Waals surface area contributed by atoms with Gasteiger partial charge in [-0.2, -0.15) is 0 Å². The first-order valence-corrected chi connectivity index (χ1v) is 7.73. The van der Waals surface area contributed by atoms with Crippen LogP contribution in [0, 0.1) is 26.7 Å². The SMILES string of the molecule is Cc1ccccc1[C+](c1ccccc1C)c1ccccc1C. The first-order chi connectivity index (χ1) is 10.7. The molecule has 0 N–H and O–H groups in total. The normalized spacial score (nSPS) is 10.5. The van der Waals surface area contributed by atoms with E-state index in [1.807, 2.05) is 0 Å². The third-order valence-corrected chi connectivity index (χ3v) is 4.24. The van der Waals surface area contributed by atoms with Crippen molar-refractivity contribution in [2.75, 3.05) is 0 Å². The van der Waals surface area contributed by atoms with Crippen LogP contribution in [0.5, 0.6) is 0 Å². The van der Waals surface area contributed by atoms with Crippen LogP contribution in [0.4, 0.5) is 0 Å². The van der Waals surface area contributed by atoms with Gasteiger partial charge in [0.25, 0.3) is 0 Å². The summed E-state index contributed by atoms with van der Waals surface area (Å²) >= 11 is 0. The van der Waals surface area contributed by atoms with Crippen molar-refractivity contribution in [3.05, 3.63) is 112 Å². The summed E-state index contributed by atoms with van der Waals surface area (Å²) in [5.41, 5.74) is 7.86. The van der Waals surface area contributed by atoms with Crippen molar-refractivity contribution in [3.8, 4) is 0 Å². The second kappa shape index (κ2) is 6.11. The molecule has 0 atom stereocenters. The molecule has 22 heavy (non-hydrogen) atoms. The molecule has 0 aliphatic rings. The zero-order valence-electron chi connectivity index (χ0n) is 13.4. The first kappa shape index (κ1) is 14.5. The van der Waals surface area contributed by atoms with Gasteiger partial charge in [-0.25, -0.2) is 0 Å². The van der Waals surface area contributed by atoms with E-state index in [2.05, 4.69) is 93.6 Å². The van der Waals surface area contributed by atoms with Crippen LogP contribution in [0.25, 0.3) is 0 Å². The molecule has 0 spiro atoms. The Morgan fingerprint density at radius 2 is 0.727 bits per heavy atom. The van der Waals surface area contributed by atoms with Crippen molar-refractivity contribution >= 4 is 0 Å². The standard InChI is InChI=1S/C22H21/c1-16-10-4-7-13-19(16)22(20-14-8-5-11-17(20)2)21-15-9-6-12-18(21)3/h4-15H,1-3H3/q+1. The summed E-state index contributed by atoms with van der Waals surface area (Å²) in [6, 6.07) is 25.9. The van der Waals surface area contributed by atoms with E-state index < -0.39 is 0 Å². The lowest BCUT2D eigenvalue weighted by atomic mass is 9.80. The molecular weight excluding hydrogens is 264 g/mol. The van der Waals surface area contributed by atoms with Crippen LogP contribution >= 0.6 is 0 Å². The molecule has 0 unspecified atom stereocenters. The molecule has 0 aliphatic heterocycles. The minimum Gasteiger partial charge on any atom is -0.0508 e. The fourth-order valence-electron chi connectivity index (χ4n) is 3.00. The maximum absolute atomic E-state index is 2.23. The first-order valence-electron chi connectivity index (χ1n) is 7.73. The second-order valence-electron chi connectivity index (χ2n) is 5.82. The van der Waals surface area contributed by atoms with E-state index in [0.29, 0.717) is 0 Å². The van der Waals surface area contributed by atoms with Crippen molar-refractivity contribution in [3.63, 3.8) is 0 Å². The summed E-state index contributed by atoms with van der Waals surface area (Å²) in [4.78, 5) is 0. The van der Waals surface area contributed by atoms with Crippen LogP contribution in [0.1, 0.15) is 33.4 Å². The molecule has 108 valence electrons. The largest absolute Gasteiger partial charge is 0.0639 e. The van der Waals surface area contributed by atoms with Crippen LogP contribution in [0.15, 0.2) is 72.8 Å². The van der Waals surface area contributed by atoms with Gasteiger partial charge in [-0.1, -0.05) is 18.2 Å². The average Bonchev–Trinajstić information content (AvgIpc) is 2.53. The van der Waals surface area contributed by atoms with Crippen molar-refractivity contribution in [2.45, 2.75) is 20.8 Å². The van der Waals surface area contributed by atoms with Crippen LogP contribution in [-0.2, 0) is 0 Å². The van der Waals surface area contributed by atoms with E-state index in [-0.39, 0.29) is 0 Å². The predicted octanol–water partition coefficient (Wildman–Crippen LogP) is 5.63. The minimum atomic E-state index is 1.31. The smallest absolute Gasteiger partial charge is 0.0508 e. The molecule has 0 aliphatic carbocycles. The van der Waals surface area contributed by atoms with Gasteiger partial charge in [-0.15, -0.1) is 0 Å². The van der Waals surface area contributed by atoms with Gasteiger partial charge in [-0.05, 0) is 75.4 Å². The Balaban J connectivity index is 2.27. The summed E-state index contributed by atoms with van der Waals surface area (Å²) in [6.45, 7) is 6.56. The lowest BCUT2D eigenvalue weighted by Gasteiger charge is -2.18. The van der Waals surface area contributed by atoms with E-state index in [4.69, 9.17) is 0 Å². The van der Waals surface area contributed by atoms with Crippen LogP contribution < -0.4 is 0 Å². The van der Waals surface area contributed by atoms with E-state index in [9.17, 15) is 0 Å². The number of hydrogen-bond donors (Lipinski definition) is 0. The quantitative estimate of drug-likeness (QED) is 0.432. The zero-order chi connectivity index (χ0) is 15.5. The van der Waals surface area contributed by atoms with Crippen molar-refractivity contribution in [2.24, 2.45) is 0 Å². The van der Waals surface area contributed by atoms with Crippen LogP contribution in [0.2, 0.25) is 0 Å².